The van der Waals surface area contributed by atoms with Crippen molar-refractivity contribution in [2.75, 3.05) is 12.4 Å². The van der Waals surface area contributed by atoms with Gasteiger partial charge in [-0.05, 0) is 30.7 Å². The van der Waals surface area contributed by atoms with Crippen LogP contribution in [0.25, 0.3) is 0 Å². The molecule has 116 valence electrons. The van der Waals surface area contributed by atoms with Gasteiger partial charge in [-0.2, -0.15) is 0 Å². The Bertz CT molecular complexity index is 645. The summed E-state index contributed by atoms with van der Waals surface area (Å²) < 4.78 is 11.0. The van der Waals surface area contributed by atoms with E-state index in [9.17, 15) is 4.79 Å². The molecule has 22 heavy (non-hydrogen) atoms. The van der Waals surface area contributed by atoms with Crippen LogP contribution in [0.2, 0.25) is 5.02 Å². The van der Waals surface area contributed by atoms with Crippen LogP contribution in [0.1, 0.15) is 13.3 Å². The van der Waals surface area contributed by atoms with Crippen molar-refractivity contribution in [3.63, 3.8) is 0 Å². The molecule has 0 aliphatic rings. The van der Waals surface area contributed by atoms with Crippen LogP contribution in [0.4, 0.5) is 5.69 Å². The number of hydrogen-bond acceptors (Lipinski definition) is 3. The summed E-state index contributed by atoms with van der Waals surface area (Å²) in [5.74, 6) is 0.874. The second-order valence-electron chi connectivity index (χ2n) is 4.63. The number of amides is 1. The summed E-state index contributed by atoms with van der Waals surface area (Å²) in [7, 11) is 1.56. The molecule has 2 aromatic carbocycles. The molecule has 1 amide bonds. The number of nitrogens with one attached hydrogen (secondary N) is 1. The van der Waals surface area contributed by atoms with E-state index in [4.69, 9.17) is 21.1 Å². The summed E-state index contributed by atoms with van der Waals surface area (Å²) >= 11 is 6.05. The van der Waals surface area contributed by atoms with Gasteiger partial charge in [0.25, 0.3) is 5.91 Å². The van der Waals surface area contributed by atoms with Gasteiger partial charge >= 0.3 is 0 Å². The maximum Gasteiger partial charge on any atom is 0.265 e. The van der Waals surface area contributed by atoms with Gasteiger partial charge in [0.2, 0.25) is 0 Å². The number of carbonyl (C=O) groups excluding carboxylic acids is 1. The van der Waals surface area contributed by atoms with Crippen molar-refractivity contribution in [2.45, 2.75) is 19.4 Å². The fourth-order valence-electron chi connectivity index (χ4n) is 1.97. The predicted octanol–water partition coefficient (Wildman–Crippen LogP) is 4.14. The highest BCUT2D eigenvalue weighted by molar-refractivity contribution is 6.33. The molecule has 0 aliphatic heterocycles. The van der Waals surface area contributed by atoms with Crippen molar-refractivity contribution in [2.24, 2.45) is 0 Å². The summed E-state index contributed by atoms with van der Waals surface area (Å²) in [6, 6.07) is 14.3. The summed E-state index contributed by atoms with van der Waals surface area (Å²) in [4.78, 5) is 12.4. The summed E-state index contributed by atoms with van der Waals surface area (Å²) in [6.07, 6.45) is -0.110. The Balaban J connectivity index is 2.11. The summed E-state index contributed by atoms with van der Waals surface area (Å²) in [5.41, 5.74) is 0.566. The lowest BCUT2D eigenvalue weighted by Gasteiger charge is -2.19. The zero-order valence-corrected chi connectivity index (χ0v) is 13.3. The van der Waals surface area contributed by atoms with E-state index in [1.165, 1.54) is 0 Å². The van der Waals surface area contributed by atoms with Gasteiger partial charge in [-0.1, -0.05) is 42.8 Å². The number of rotatable bonds is 6. The van der Waals surface area contributed by atoms with Crippen LogP contribution in [-0.2, 0) is 4.79 Å². The molecule has 0 bridgehead atoms. The monoisotopic (exact) mass is 319 g/mol. The molecular weight excluding hydrogens is 302 g/mol. The van der Waals surface area contributed by atoms with E-state index in [1.807, 2.05) is 25.1 Å². The van der Waals surface area contributed by atoms with Gasteiger partial charge in [0, 0.05) is 0 Å². The zero-order valence-electron chi connectivity index (χ0n) is 12.5. The highest BCUT2D eigenvalue weighted by Crippen LogP contribution is 2.28. The predicted molar refractivity (Wildman–Crippen MR) is 87.8 cm³/mol. The van der Waals surface area contributed by atoms with Crippen molar-refractivity contribution < 1.29 is 14.3 Å². The third-order valence-electron chi connectivity index (χ3n) is 3.13. The normalized spacial score (nSPS) is 11.6. The minimum Gasteiger partial charge on any atom is -0.493 e. The third-order valence-corrected chi connectivity index (χ3v) is 3.46. The molecule has 0 aliphatic carbocycles. The Hall–Kier alpha value is -2.20. The second-order valence-corrected chi connectivity index (χ2v) is 5.04. The molecule has 0 radical (unpaired) electrons. The van der Waals surface area contributed by atoms with Crippen LogP contribution >= 0.6 is 11.6 Å². The largest absolute Gasteiger partial charge is 0.493 e. The van der Waals surface area contributed by atoms with Gasteiger partial charge < -0.3 is 14.8 Å². The molecule has 0 spiro atoms. The molecule has 0 saturated heterocycles. The van der Waals surface area contributed by atoms with Crippen molar-refractivity contribution in [3.8, 4) is 11.5 Å². The quantitative estimate of drug-likeness (QED) is 0.870. The fourth-order valence-corrected chi connectivity index (χ4v) is 2.15. The van der Waals surface area contributed by atoms with Crippen LogP contribution in [0.5, 0.6) is 11.5 Å². The van der Waals surface area contributed by atoms with Crippen LogP contribution in [0.3, 0.4) is 0 Å². The topological polar surface area (TPSA) is 47.6 Å². The number of halogens is 1. The van der Waals surface area contributed by atoms with Gasteiger partial charge in [0.05, 0.1) is 17.8 Å². The number of benzene rings is 2. The Labute approximate surface area is 135 Å². The molecule has 2 aromatic rings. The van der Waals surface area contributed by atoms with E-state index in [2.05, 4.69) is 5.32 Å². The first kappa shape index (κ1) is 16.2. The number of methoxy groups -OCH3 is 1. The van der Waals surface area contributed by atoms with Crippen molar-refractivity contribution >= 4 is 23.2 Å². The van der Waals surface area contributed by atoms with Gasteiger partial charge in [-0.25, -0.2) is 0 Å². The Morgan fingerprint density at radius 1 is 1.14 bits per heavy atom. The van der Waals surface area contributed by atoms with Crippen molar-refractivity contribution in [1.29, 1.82) is 0 Å². The number of ether oxygens (including phenoxy) is 2. The number of para-hydroxylation sites is 3. The molecule has 1 atom stereocenters. The molecule has 1 N–H and O–H groups in total. The molecule has 4 nitrogen and oxygen atoms in total. The van der Waals surface area contributed by atoms with E-state index in [0.717, 1.165) is 0 Å². The molecule has 2 rings (SSSR count). The third kappa shape index (κ3) is 3.92. The van der Waals surface area contributed by atoms with Gasteiger partial charge in [-0.3, -0.25) is 4.79 Å². The van der Waals surface area contributed by atoms with Gasteiger partial charge in [0.1, 0.15) is 0 Å². The molecule has 0 aromatic heterocycles. The van der Waals surface area contributed by atoms with E-state index in [0.29, 0.717) is 28.6 Å². The van der Waals surface area contributed by atoms with Crippen LogP contribution < -0.4 is 14.8 Å². The molecule has 0 saturated carbocycles. The molecule has 5 heteroatoms. The average molecular weight is 320 g/mol. The maximum absolute atomic E-state index is 12.4. The van der Waals surface area contributed by atoms with Crippen molar-refractivity contribution in [3.05, 3.63) is 53.6 Å². The molecular formula is C17H18ClNO3. The minimum absolute atomic E-state index is 0.249. The zero-order chi connectivity index (χ0) is 15.9. The Morgan fingerprint density at radius 3 is 2.41 bits per heavy atom. The lowest BCUT2D eigenvalue weighted by atomic mass is 10.2. The molecule has 1 unspecified atom stereocenters. The first-order valence-corrected chi connectivity index (χ1v) is 7.38. The molecule has 0 heterocycles. The maximum atomic E-state index is 12.4. The standard InChI is InChI=1S/C17H18ClNO3/c1-3-14(22-16-11-7-6-10-15(16)21-2)17(20)19-13-9-5-4-8-12(13)18/h4-11,14H,3H2,1-2H3,(H,19,20). The van der Waals surface area contributed by atoms with E-state index in [-0.39, 0.29) is 5.91 Å². The van der Waals surface area contributed by atoms with E-state index >= 15 is 0 Å². The lowest BCUT2D eigenvalue weighted by molar-refractivity contribution is -0.122. The number of anilines is 1. The summed E-state index contributed by atoms with van der Waals surface area (Å²) in [6.45, 7) is 1.88. The minimum atomic E-state index is -0.632. The highest BCUT2D eigenvalue weighted by atomic mass is 35.5. The fraction of sp³-hybridized carbons (Fsp3) is 0.235. The first-order valence-electron chi connectivity index (χ1n) is 7.00. The Kier molecular flexibility index (Phi) is 5.67. The van der Waals surface area contributed by atoms with Crippen molar-refractivity contribution in [1.82, 2.24) is 0 Å². The highest BCUT2D eigenvalue weighted by Gasteiger charge is 2.20. The average Bonchev–Trinajstić information content (AvgIpc) is 2.55. The van der Waals surface area contributed by atoms with E-state index in [1.54, 1.807) is 37.4 Å². The summed E-state index contributed by atoms with van der Waals surface area (Å²) in [5, 5.41) is 3.27. The van der Waals surface area contributed by atoms with Crippen LogP contribution in [-0.4, -0.2) is 19.1 Å². The van der Waals surface area contributed by atoms with Crippen LogP contribution in [0.15, 0.2) is 48.5 Å². The molecule has 0 fully saturated rings. The lowest BCUT2D eigenvalue weighted by Crippen LogP contribution is -2.32. The van der Waals surface area contributed by atoms with Crippen LogP contribution in [0, 0.1) is 0 Å². The SMILES string of the molecule is CCC(Oc1ccccc1OC)C(=O)Nc1ccccc1Cl. The smallest absolute Gasteiger partial charge is 0.265 e. The Morgan fingerprint density at radius 2 is 1.77 bits per heavy atom. The van der Waals surface area contributed by atoms with E-state index < -0.39 is 6.10 Å². The second kappa shape index (κ2) is 7.71. The first-order chi connectivity index (χ1) is 10.7. The van der Waals surface area contributed by atoms with Gasteiger partial charge in [-0.15, -0.1) is 0 Å². The number of carbonyl (C=O) groups is 1. The van der Waals surface area contributed by atoms with Gasteiger partial charge in [0.15, 0.2) is 17.6 Å². The number of hydrogen-bond donors (Lipinski definition) is 1.